The van der Waals surface area contributed by atoms with E-state index in [2.05, 4.69) is 5.32 Å². The maximum absolute atomic E-state index is 13.8. The second-order valence-electron chi connectivity index (χ2n) is 6.18. The molecule has 0 aliphatic carbocycles. The van der Waals surface area contributed by atoms with Gasteiger partial charge in [-0.05, 0) is 48.5 Å². The van der Waals surface area contributed by atoms with Crippen LogP contribution in [0.3, 0.4) is 0 Å². The maximum atomic E-state index is 13.8. The molecule has 0 heterocycles. The zero-order chi connectivity index (χ0) is 19.1. The standard InChI is InChI=1S/C22H21ClFNO2/c1-26-20-9-6-16(7-10-20)13-25-14-18-12-19(23)8-11-22(18)27-15-17-4-2-3-5-21(17)24/h2-12,25H,13-15H2,1H3/p+1. The van der Waals surface area contributed by atoms with Gasteiger partial charge in [-0.15, -0.1) is 0 Å². The fourth-order valence-electron chi connectivity index (χ4n) is 2.78. The van der Waals surface area contributed by atoms with Gasteiger partial charge in [0.15, 0.2) is 0 Å². The molecule has 3 aromatic carbocycles. The van der Waals surface area contributed by atoms with Crippen molar-refractivity contribution in [3.05, 3.63) is 94.3 Å². The molecule has 0 aromatic heterocycles. The predicted octanol–water partition coefficient (Wildman–Crippen LogP) is 4.33. The molecule has 3 rings (SSSR count). The summed E-state index contributed by atoms with van der Waals surface area (Å²) in [6.45, 7) is 1.71. The second kappa shape index (κ2) is 9.40. The van der Waals surface area contributed by atoms with Crippen molar-refractivity contribution in [3.63, 3.8) is 0 Å². The highest BCUT2D eigenvalue weighted by atomic mass is 35.5. The van der Waals surface area contributed by atoms with E-state index >= 15 is 0 Å². The lowest BCUT2D eigenvalue weighted by Crippen LogP contribution is -2.80. The number of hydrogen-bond donors (Lipinski definition) is 1. The lowest BCUT2D eigenvalue weighted by molar-refractivity contribution is -0.686. The van der Waals surface area contributed by atoms with Crippen LogP contribution in [0.4, 0.5) is 4.39 Å². The van der Waals surface area contributed by atoms with Crippen molar-refractivity contribution in [2.75, 3.05) is 7.11 Å². The number of ether oxygens (including phenoxy) is 2. The van der Waals surface area contributed by atoms with Gasteiger partial charge in [-0.25, -0.2) is 4.39 Å². The van der Waals surface area contributed by atoms with Crippen molar-refractivity contribution < 1.29 is 19.2 Å². The van der Waals surface area contributed by atoms with E-state index in [9.17, 15) is 4.39 Å². The van der Waals surface area contributed by atoms with Crippen LogP contribution >= 0.6 is 11.6 Å². The van der Waals surface area contributed by atoms with Crippen LogP contribution in [-0.2, 0) is 19.7 Å². The van der Waals surface area contributed by atoms with E-state index in [-0.39, 0.29) is 12.4 Å². The molecule has 0 aliphatic rings. The van der Waals surface area contributed by atoms with Crippen LogP contribution in [0.1, 0.15) is 16.7 Å². The zero-order valence-electron chi connectivity index (χ0n) is 15.1. The average Bonchev–Trinajstić information content (AvgIpc) is 2.69. The minimum Gasteiger partial charge on any atom is -0.497 e. The second-order valence-corrected chi connectivity index (χ2v) is 6.61. The number of methoxy groups -OCH3 is 1. The number of quaternary nitrogens is 1. The average molecular weight is 387 g/mol. The molecule has 0 unspecified atom stereocenters. The van der Waals surface area contributed by atoms with Crippen LogP contribution in [0.2, 0.25) is 5.02 Å². The summed E-state index contributed by atoms with van der Waals surface area (Å²) in [6, 6.07) is 20.1. The third-order valence-corrected chi connectivity index (χ3v) is 4.50. The molecular weight excluding hydrogens is 365 g/mol. The SMILES string of the molecule is COc1ccc(C[NH2+]Cc2cc(Cl)ccc2OCc2ccccc2F)cc1. The first-order valence-corrected chi connectivity index (χ1v) is 9.13. The van der Waals surface area contributed by atoms with Crippen molar-refractivity contribution in [1.82, 2.24) is 0 Å². The van der Waals surface area contributed by atoms with Crippen LogP contribution in [-0.4, -0.2) is 7.11 Å². The van der Waals surface area contributed by atoms with Gasteiger partial charge in [0.1, 0.15) is 37.0 Å². The highest BCUT2D eigenvalue weighted by molar-refractivity contribution is 6.30. The van der Waals surface area contributed by atoms with Gasteiger partial charge in [-0.2, -0.15) is 0 Å². The minimum atomic E-state index is -0.265. The summed E-state index contributed by atoms with van der Waals surface area (Å²) in [6.07, 6.45) is 0. The Kier molecular flexibility index (Phi) is 6.69. The molecule has 0 spiro atoms. The lowest BCUT2D eigenvalue weighted by Gasteiger charge is -2.12. The first-order chi connectivity index (χ1) is 13.2. The van der Waals surface area contributed by atoms with Crippen molar-refractivity contribution >= 4 is 11.6 Å². The van der Waals surface area contributed by atoms with Crippen LogP contribution in [0.5, 0.6) is 11.5 Å². The quantitative estimate of drug-likeness (QED) is 0.625. The molecule has 140 valence electrons. The first kappa shape index (κ1) is 19.2. The summed E-state index contributed by atoms with van der Waals surface area (Å²) in [7, 11) is 1.66. The Morgan fingerprint density at radius 3 is 2.44 bits per heavy atom. The van der Waals surface area contributed by atoms with E-state index in [4.69, 9.17) is 21.1 Å². The summed E-state index contributed by atoms with van der Waals surface area (Å²) >= 11 is 6.15. The Bertz CT molecular complexity index is 884. The number of nitrogens with two attached hydrogens (primary N) is 1. The summed E-state index contributed by atoms with van der Waals surface area (Å²) in [4.78, 5) is 0. The highest BCUT2D eigenvalue weighted by Gasteiger charge is 2.09. The molecule has 27 heavy (non-hydrogen) atoms. The molecule has 5 heteroatoms. The van der Waals surface area contributed by atoms with Gasteiger partial charge in [0.05, 0.1) is 7.11 Å². The zero-order valence-corrected chi connectivity index (χ0v) is 15.9. The number of rotatable bonds is 8. The monoisotopic (exact) mass is 386 g/mol. The van der Waals surface area contributed by atoms with E-state index < -0.39 is 0 Å². The first-order valence-electron chi connectivity index (χ1n) is 8.75. The highest BCUT2D eigenvalue weighted by Crippen LogP contribution is 2.23. The normalized spacial score (nSPS) is 10.6. The number of halogens is 2. The van der Waals surface area contributed by atoms with Gasteiger partial charge in [0.25, 0.3) is 0 Å². The maximum Gasteiger partial charge on any atom is 0.129 e. The van der Waals surface area contributed by atoms with Gasteiger partial charge in [0.2, 0.25) is 0 Å². The van der Waals surface area contributed by atoms with Gasteiger partial charge in [-0.1, -0.05) is 29.8 Å². The Labute approximate surface area is 163 Å². The van der Waals surface area contributed by atoms with E-state index in [0.717, 1.165) is 17.9 Å². The largest absolute Gasteiger partial charge is 0.497 e. The molecule has 2 N–H and O–H groups in total. The molecule has 0 fully saturated rings. The van der Waals surface area contributed by atoms with E-state index in [1.807, 2.05) is 36.4 Å². The summed E-state index contributed by atoms with van der Waals surface area (Å²) < 4.78 is 24.8. The fraction of sp³-hybridized carbons (Fsp3) is 0.182. The molecule has 3 nitrogen and oxygen atoms in total. The van der Waals surface area contributed by atoms with Crippen LogP contribution < -0.4 is 14.8 Å². The molecule has 0 atom stereocenters. The molecule has 0 bridgehead atoms. The third-order valence-electron chi connectivity index (χ3n) is 4.27. The molecule has 0 aliphatic heterocycles. The fourth-order valence-corrected chi connectivity index (χ4v) is 2.97. The Morgan fingerprint density at radius 1 is 0.926 bits per heavy atom. The molecule has 0 saturated carbocycles. The van der Waals surface area contributed by atoms with E-state index in [1.165, 1.54) is 11.6 Å². The molecular formula is C22H22ClFNO2+. The van der Waals surface area contributed by atoms with Crippen molar-refractivity contribution in [3.8, 4) is 11.5 Å². The van der Waals surface area contributed by atoms with Crippen molar-refractivity contribution in [2.45, 2.75) is 19.7 Å². The van der Waals surface area contributed by atoms with Crippen molar-refractivity contribution in [2.24, 2.45) is 0 Å². The summed E-state index contributed by atoms with van der Waals surface area (Å²) in [5.41, 5.74) is 2.71. The number of hydrogen-bond acceptors (Lipinski definition) is 2. The Morgan fingerprint density at radius 2 is 1.70 bits per heavy atom. The van der Waals surface area contributed by atoms with Gasteiger partial charge in [0, 0.05) is 21.7 Å². The summed E-state index contributed by atoms with van der Waals surface area (Å²) in [5.74, 6) is 1.30. The Hall–Kier alpha value is -2.56. The summed E-state index contributed by atoms with van der Waals surface area (Å²) in [5, 5.41) is 2.82. The molecule has 0 amide bonds. The van der Waals surface area contributed by atoms with Crippen LogP contribution in [0, 0.1) is 5.82 Å². The van der Waals surface area contributed by atoms with Gasteiger partial charge >= 0.3 is 0 Å². The van der Waals surface area contributed by atoms with E-state index in [0.29, 0.717) is 22.9 Å². The Balaban J connectivity index is 1.62. The van der Waals surface area contributed by atoms with E-state index in [1.54, 1.807) is 31.4 Å². The minimum absolute atomic E-state index is 0.180. The molecule has 0 saturated heterocycles. The lowest BCUT2D eigenvalue weighted by atomic mass is 10.1. The predicted molar refractivity (Wildman–Crippen MR) is 105 cm³/mol. The van der Waals surface area contributed by atoms with Crippen molar-refractivity contribution in [1.29, 1.82) is 0 Å². The van der Waals surface area contributed by atoms with Crippen LogP contribution in [0.15, 0.2) is 66.7 Å². The smallest absolute Gasteiger partial charge is 0.129 e. The number of benzene rings is 3. The van der Waals surface area contributed by atoms with Gasteiger partial charge in [-0.3, -0.25) is 0 Å². The molecule has 3 aromatic rings. The van der Waals surface area contributed by atoms with Crippen LogP contribution in [0.25, 0.3) is 0 Å². The molecule has 0 radical (unpaired) electrons. The topological polar surface area (TPSA) is 35.1 Å². The van der Waals surface area contributed by atoms with Gasteiger partial charge < -0.3 is 14.8 Å². The third kappa shape index (κ3) is 5.46.